The number of aromatic nitrogens is 2. The maximum Gasteiger partial charge on any atom is 0.330 e. The number of aromatic amines is 1. The van der Waals surface area contributed by atoms with Gasteiger partial charge in [0.2, 0.25) is 0 Å². The monoisotopic (exact) mass is 647 g/mol. The predicted octanol–water partition coefficient (Wildman–Crippen LogP) is 8.08. The summed E-state index contributed by atoms with van der Waals surface area (Å²) in [5.41, 5.74) is 8.09. The number of carbonyl (C=O) groups excluding carboxylic acids is 1. The molecule has 0 amide bonds. The molecule has 2 heterocycles. The highest BCUT2D eigenvalue weighted by atomic mass is 28.4. The maximum atomic E-state index is 13.0. The molecule has 1 aromatic rings. The van der Waals surface area contributed by atoms with Crippen LogP contribution in [-0.4, -0.2) is 48.7 Å². The van der Waals surface area contributed by atoms with Crippen molar-refractivity contribution in [2.75, 3.05) is 6.61 Å². The highest BCUT2D eigenvalue weighted by Gasteiger charge is 2.49. The van der Waals surface area contributed by atoms with E-state index >= 15 is 0 Å². The molecule has 1 aromatic heterocycles. The molecule has 0 spiro atoms. The number of azide groups is 1. The van der Waals surface area contributed by atoms with Crippen molar-refractivity contribution in [3.05, 3.63) is 55.7 Å². The Labute approximate surface area is 269 Å². The third-order valence-electron chi connectivity index (χ3n) is 8.95. The number of esters is 1. The molecule has 4 atom stereocenters. The molecule has 1 saturated heterocycles. The fourth-order valence-electron chi connectivity index (χ4n) is 5.09. The van der Waals surface area contributed by atoms with Crippen molar-refractivity contribution in [3.63, 3.8) is 0 Å². The van der Waals surface area contributed by atoms with Gasteiger partial charge in [-0.2, -0.15) is 0 Å². The Hall–Kier alpha value is -2.66. The lowest BCUT2D eigenvalue weighted by atomic mass is 10.1. The Balaban J connectivity index is 1.89. The second-order valence-electron chi connectivity index (χ2n) is 13.6. The number of unbranched alkanes of at least 4 members (excludes halogenated alkanes) is 11. The minimum atomic E-state index is -2.19. The van der Waals surface area contributed by atoms with Gasteiger partial charge in [-0.15, -0.1) is 0 Å². The Bertz CT molecular complexity index is 1220. The molecule has 0 bridgehead atoms. The van der Waals surface area contributed by atoms with Crippen LogP contribution in [-0.2, 0) is 18.7 Å². The first-order valence-corrected chi connectivity index (χ1v) is 19.8. The van der Waals surface area contributed by atoms with Gasteiger partial charge in [-0.1, -0.05) is 96.3 Å². The molecule has 0 radical (unpaired) electrons. The first-order chi connectivity index (χ1) is 21.4. The van der Waals surface area contributed by atoms with Crippen LogP contribution in [0.4, 0.5) is 0 Å². The number of allylic oxidation sites excluding steroid dienone is 2. The Morgan fingerprint density at radius 2 is 1.64 bits per heavy atom. The smallest absolute Gasteiger partial charge is 0.330 e. The van der Waals surface area contributed by atoms with E-state index < -0.39 is 50.0 Å². The number of hydrogen-bond acceptors (Lipinski definition) is 7. The number of ether oxygens (including phenoxy) is 2. The van der Waals surface area contributed by atoms with Crippen molar-refractivity contribution < 1.29 is 18.7 Å². The zero-order valence-corrected chi connectivity index (χ0v) is 29.5. The largest absolute Gasteiger partial charge is 0.457 e. The van der Waals surface area contributed by atoms with E-state index in [0.717, 1.165) is 36.7 Å². The van der Waals surface area contributed by atoms with Gasteiger partial charge in [0.1, 0.15) is 6.04 Å². The van der Waals surface area contributed by atoms with Crippen LogP contribution in [0.15, 0.2) is 39.1 Å². The standard InChI is InChI=1S/C33H57N5O6Si/c1-7-8-9-10-11-12-13-14-15-16-17-18-19-20-21-22-28(40)44-30-29(36-37-34)26(25-42-45(5,6)33(2,3)4)43-31(30)38-24-23-27(39)35-32(38)41/h14-15,23-24,26,29-31H,7-13,16-22,25H2,1-6H3,(H,35,39,41)/b15-14-/t26-,29+,30-,31-/m1/s1. The quantitative estimate of drug-likeness (QED) is 0.0271. The van der Waals surface area contributed by atoms with E-state index in [4.69, 9.17) is 13.9 Å². The molecular weight excluding hydrogens is 590 g/mol. The van der Waals surface area contributed by atoms with Crippen LogP contribution in [0.5, 0.6) is 0 Å². The molecule has 45 heavy (non-hydrogen) atoms. The number of nitrogens with zero attached hydrogens (tertiary/aromatic N) is 4. The van der Waals surface area contributed by atoms with Gasteiger partial charge in [-0.05, 0) is 55.8 Å². The average Bonchev–Trinajstić information content (AvgIpc) is 3.29. The fraction of sp³-hybridized carbons (Fsp3) is 0.788. The highest BCUT2D eigenvalue weighted by Crippen LogP contribution is 2.39. The molecule has 0 aromatic carbocycles. The van der Waals surface area contributed by atoms with Crippen LogP contribution in [0, 0.1) is 0 Å². The first-order valence-electron chi connectivity index (χ1n) is 16.9. The van der Waals surface area contributed by atoms with Gasteiger partial charge in [0.15, 0.2) is 20.6 Å². The molecule has 2 rings (SSSR count). The van der Waals surface area contributed by atoms with Gasteiger partial charge < -0.3 is 13.9 Å². The summed E-state index contributed by atoms with van der Waals surface area (Å²) in [6, 6.07) is 0.276. The molecule has 1 aliphatic heterocycles. The van der Waals surface area contributed by atoms with E-state index in [1.165, 1.54) is 57.2 Å². The van der Waals surface area contributed by atoms with Gasteiger partial charge >= 0.3 is 11.7 Å². The summed E-state index contributed by atoms with van der Waals surface area (Å²) in [5, 5.41) is 3.86. The maximum absolute atomic E-state index is 13.0. The molecule has 12 heteroatoms. The van der Waals surface area contributed by atoms with E-state index in [2.05, 4.69) is 68.0 Å². The lowest BCUT2D eigenvalue weighted by Gasteiger charge is -2.37. The van der Waals surface area contributed by atoms with Gasteiger partial charge in [0, 0.05) is 23.6 Å². The van der Waals surface area contributed by atoms with Crippen molar-refractivity contribution in [3.8, 4) is 0 Å². The number of hydrogen-bond donors (Lipinski definition) is 1. The lowest BCUT2D eigenvalue weighted by Crippen LogP contribution is -2.44. The number of rotatable bonds is 21. The molecule has 1 N–H and O–H groups in total. The third kappa shape index (κ3) is 13.3. The van der Waals surface area contributed by atoms with Gasteiger partial charge in [-0.25, -0.2) is 4.79 Å². The molecule has 1 fully saturated rings. The van der Waals surface area contributed by atoms with Crippen LogP contribution in [0.3, 0.4) is 0 Å². The van der Waals surface area contributed by atoms with Crippen molar-refractivity contribution in [1.82, 2.24) is 9.55 Å². The number of carbonyl (C=O) groups is 1. The van der Waals surface area contributed by atoms with Crippen molar-refractivity contribution in [1.29, 1.82) is 0 Å². The van der Waals surface area contributed by atoms with Gasteiger partial charge in [0.25, 0.3) is 5.56 Å². The zero-order chi connectivity index (χ0) is 33.3. The van der Waals surface area contributed by atoms with Crippen molar-refractivity contribution in [2.45, 2.75) is 160 Å². The van der Waals surface area contributed by atoms with E-state index in [-0.39, 0.29) is 18.1 Å². The van der Waals surface area contributed by atoms with Gasteiger partial charge in [-0.3, -0.25) is 19.1 Å². The summed E-state index contributed by atoms with van der Waals surface area (Å²) in [4.78, 5) is 42.5. The minimum absolute atomic E-state index is 0.0648. The van der Waals surface area contributed by atoms with Crippen LogP contribution in [0.25, 0.3) is 10.4 Å². The van der Waals surface area contributed by atoms with Crippen LogP contribution in [0.2, 0.25) is 18.1 Å². The van der Waals surface area contributed by atoms with Gasteiger partial charge in [0.05, 0.1) is 12.7 Å². The lowest BCUT2D eigenvalue weighted by molar-refractivity contribution is -0.155. The van der Waals surface area contributed by atoms with Crippen molar-refractivity contribution in [2.24, 2.45) is 5.11 Å². The first kappa shape index (κ1) is 38.5. The fourth-order valence-corrected chi connectivity index (χ4v) is 6.11. The summed E-state index contributed by atoms with van der Waals surface area (Å²) in [6.45, 7) is 12.9. The Kier molecular flexibility index (Phi) is 16.9. The topological polar surface area (TPSA) is 148 Å². The SMILES string of the molecule is CCCCCCCC/C=C\CCCCCCCC(=O)O[C@@H]1[C@@H](N=[N+]=[N-])[C@@H](CO[Si](C)(C)C(C)(C)C)O[C@H]1n1ccc(=O)[nH]c1=O. The number of nitrogens with one attached hydrogen (secondary N) is 1. The predicted molar refractivity (Wildman–Crippen MR) is 181 cm³/mol. The molecule has 1 aliphatic rings. The molecule has 0 aliphatic carbocycles. The Morgan fingerprint density at radius 3 is 2.22 bits per heavy atom. The molecule has 0 saturated carbocycles. The van der Waals surface area contributed by atoms with E-state index in [9.17, 15) is 19.9 Å². The van der Waals surface area contributed by atoms with Crippen molar-refractivity contribution >= 4 is 14.3 Å². The third-order valence-corrected chi connectivity index (χ3v) is 13.4. The molecule has 0 unspecified atom stereocenters. The summed E-state index contributed by atoms with van der Waals surface area (Å²) in [7, 11) is -2.19. The molecular formula is C33H57N5O6Si. The zero-order valence-electron chi connectivity index (χ0n) is 28.5. The van der Waals surface area contributed by atoms with Crippen LogP contribution >= 0.6 is 0 Å². The highest BCUT2D eigenvalue weighted by molar-refractivity contribution is 6.74. The van der Waals surface area contributed by atoms with Crippen LogP contribution < -0.4 is 11.2 Å². The summed E-state index contributed by atoms with van der Waals surface area (Å²) in [6.07, 6.45) is 18.3. The summed E-state index contributed by atoms with van der Waals surface area (Å²) in [5.74, 6) is -0.451. The molecule has 254 valence electrons. The summed E-state index contributed by atoms with van der Waals surface area (Å²) >= 11 is 0. The average molecular weight is 648 g/mol. The Morgan fingerprint density at radius 1 is 1.04 bits per heavy atom. The van der Waals surface area contributed by atoms with E-state index in [1.54, 1.807) is 0 Å². The normalized spacial score (nSPS) is 20.4. The van der Waals surface area contributed by atoms with Crippen LogP contribution in [0.1, 0.15) is 124 Å². The number of H-pyrrole nitrogens is 1. The second-order valence-corrected chi connectivity index (χ2v) is 18.4. The summed E-state index contributed by atoms with van der Waals surface area (Å²) < 4.78 is 19.5. The van der Waals surface area contributed by atoms with E-state index in [0.29, 0.717) is 6.42 Å². The second kappa shape index (κ2) is 19.8. The molecule has 11 nitrogen and oxygen atoms in total. The minimum Gasteiger partial charge on any atom is -0.457 e. The van der Waals surface area contributed by atoms with E-state index in [1.807, 2.05) is 0 Å².